The van der Waals surface area contributed by atoms with E-state index in [1.807, 2.05) is 41.4 Å². The molecule has 1 aliphatic heterocycles. The summed E-state index contributed by atoms with van der Waals surface area (Å²) in [5.74, 6) is 0.206. The minimum absolute atomic E-state index is 0.0384. The first-order valence-electron chi connectivity index (χ1n) is 8.92. The monoisotopic (exact) mass is 333 g/mol. The summed E-state index contributed by atoms with van der Waals surface area (Å²) in [6.07, 6.45) is 2.96. The van der Waals surface area contributed by atoms with Crippen LogP contribution >= 0.6 is 0 Å². The van der Waals surface area contributed by atoms with Crippen LogP contribution in [-0.2, 0) is 0 Å². The zero-order chi connectivity index (χ0) is 17.4. The number of hydrogen-bond donors (Lipinski definition) is 2. The van der Waals surface area contributed by atoms with E-state index in [0.29, 0.717) is 6.54 Å². The van der Waals surface area contributed by atoms with E-state index in [9.17, 15) is 4.79 Å². The van der Waals surface area contributed by atoms with Crippen molar-refractivity contribution in [2.24, 2.45) is 5.73 Å². The van der Waals surface area contributed by atoms with Gasteiger partial charge in [0.1, 0.15) is 0 Å². The largest absolute Gasteiger partial charge is 0.361 e. The van der Waals surface area contributed by atoms with Crippen LogP contribution in [0.5, 0.6) is 0 Å². The van der Waals surface area contributed by atoms with Crippen molar-refractivity contribution < 1.29 is 4.79 Å². The minimum atomic E-state index is -0.0384. The lowest BCUT2D eigenvalue weighted by Crippen LogP contribution is -2.44. The topological polar surface area (TPSA) is 62.1 Å². The molecule has 2 heterocycles. The second kappa shape index (κ2) is 6.37. The van der Waals surface area contributed by atoms with Gasteiger partial charge in [-0.2, -0.15) is 0 Å². The summed E-state index contributed by atoms with van der Waals surface area (Å²) in [5.41, 5.74) is 10.3. The highest BCUT2D eigenvalue weighted by molar-refractivity contribution is 5.98. The summed E-state index contributed by atoms with van der Waals surface area (Å²) < 4.78 is 0. The van der Waals surface area contributed by atoms with Crippen LogP contribution in [0.1, 0.15) is 46.8 Å². The summed E-state index contributed by atoms with van der Waals surface area (Å²) in [7, 11) is 0. The van der Waals surface area contributed by atoms with Crippen LogP contribution in [0.4, 0.5) is 0 Å². The highest BCUT2D eigenvalue weighted by Gasteiger charge is 2.40. The number of H-pyrrole nitrogens is 1. The molecule has 4 nitrogen and oxygen atoms in total. The third-order valence-electron chi connectivity index (χ3n) is 5.23. The Morgan fingerprint density at radius 1 is 1.08 bits per heavy atom. The number of hydrogen-bond acceptors (Lipinski definition) is 2. The van der Waals surface area contributed by atoms with Crippen LogP contribution in [0.3, 0.4) is 0 Å². The third-order valence-corrected chi connectivity index (χ3v) is 5.23. The molecule has 0 aliphatic carbocycles. The van der Waals surface area contributed by atoms with Gasteiger partial charge in [-0.25, -0.2) is 0 Å². The van der Waals surface area contributed by atoms with Crippen molar-refractivity contribution in [1.82, 2.24) is 9.88 Å². The van der Waals surface area contributed by atoms with Crippen LogP contribution in [0.2, 0.25) is 0 Å². The lowest BCUT2D eigenvalue weighted by Gasteiger charge is -2.42. The van der Waals surface area contributed by atoms with Gasteiger partial charge in [-0.1, -0.05) is 43.3 Å². The molecular weight excluding hydrogens is 310 g/mol. The van der Waals surface area contributed by atoms with Gasteiger partial charge in [0.15, 0.2) is 0 Å². The van der Waals surface area contributed by atoms with Gasteiger partial charge in [0.25, 0.3) is 5.91 Å². The molecule has 0 fully saturated rings. The Kier molecular flexibility index (Phi) is 4.06. The highest BCUT2D eigenvalue weighted by Crippen LogP contribution is 2.44. The van der Waals surface area contributed by atoms with Gasteiger partial charge >= 0.3 is 0 Å². The molecular formula is C21H23N3O. The van der Waals surface area contributed by atoms with Gasteiger partial charge in [0.05, 0.1) is 6.04 Å². The SMILES string of the molecule is CCCN1C(=O)c2ccccc2[C@H](CN)[C@H]1c1c[nH]c2ccccc12. The number of benzene rings is 2. The number of carbonyl (C=O) groups excluding carboxylic acids is 1. The molecule has 0 saturated heterocycles. The molecule has 4 rings (SSSR count). The molecule has 3 aromatic rings. The number of nitrogens with two attached hydrogens (primary N) is 1. The van der Waals surface area contributed by atoms with E-state index in [2.05, 4.69) is 30.1 Å². The smallest absolute Gasteiger partial charge is 0.254 e. The normalized spacial score (nSPS) is 20.1. The predicted octanol–water partition coefficient (Wildman–Crippen LogP) is 3.82. The maximum absolute atomic E-state index is 13.2. The van der Waals surface area contributed by atoms with Gasteiger partial charge in [-0.15, -0.1) is 0 Å². The Morgan fingerprint density at radius 3 is 2.64 bits per heavy atom. The van der Waals surface area contributed by atoms with Crippen LogP contribution in [-0.4, -0.2) is 28.9 Å². The molecule has 2 aromatic carbocycles. The van der Waals surface area contributed by atoms with Crippen molar-refractivity contribution in [2.45, 2.75) is 25.3 Å². The molecule has 128 valence electrons. The Labute approximate surface area is 147 Å². The third kappa shape index (κ3) is 2.45. The number of amides is 1. The van der Waals surface area contributed by atoms with Crippen molar-refractivity contribution in [3.8, 4) is 0 Å². The van der Waals surface area contributed by atoms with Gasteiger partial charge < -0.3 is 15.6 Å². The average molecular weight is 333 g/mol. The van der Waals surface area contributed by atoms with Crippen LogP contribution in [0.25, 0.3) is 10.9 Å². The summed E-state index contributed by atoms with van der Waals surface area (Å²) >= 11 is 0. The van der Waals surface area contributed by atoms with Crippen molar-refractivity contribution in [2.75, 3.05) is 13.1 Å². The fourth-order valence-corrected chi connectivity index (χ4v) is 4.14. The quantitative estimate of drug-likeness (QED) is 0.762. The Hall–Kier alpha value is -2.59. The first kappa shape index (κ1) is 15.9. The van der Waals surface area contributed by atoms with Crippen molar-refractivity contribution in [3.63, 3.8) is 0 Å². The maximum atomic E-state index is 13.2. The lowest BCUT2D eigenvalue weighted by atomic mass is 9.79. The van der Waals surface area contributed by atoms with E-state index < -0.39 is 0 Å². The van der Waals surface area contributed by atoms with Crippen LogP contribution in [0.15, 0.2) is 54.7 Å². The molecule has 1 amide bonds. The minimum Gasteiger partial charge on any atom is -0.361 e. The van der Waals surface area contributed by atoms with E-state index >= 15 is 0 Å². The van der Waals surface area contributed by atoms with Crippen molar-refractivity contribution >= 4 is 16.8 Å². The highest BCUT2D eigenvalue weighted by atomic mass is 16.2. The van der Waals surface area contributed by atoms with Gasteiger partial charge in [0, 0.05) is 47.2 Å². The van der Waals surface area contributed by atoms with E-state index in [-0.39, 0.29) is 17.9 Å². The molecule has 0 bridgehead atoms. The molecule has 4 heteroatoms. The summed E-state index contributed by atoms with van der Waals surface area (Å²) in [6.45, 7) is 3.35. The fraction of sp³-hybridized carbons (Fsp3) is 0.286. The summed E-state index contributed by atoms with van der Waals surface area (Å²) in [5, 5.41) is 1.17. The van der Waals surface area contributed by atoms with Crippen molar-refractivity contribution in [1.29, 1.82) is 0 Å². The summed E-state index contributed by atoms with van der Waals surface area (Å²) in [6, 6.07) is 16.1. The molecule has 1 aromatic heterocycles. The zero-order valence-electron chi connectivity index (χ0n) is 14.4. The van der Waals surface area contributed by atoms with E-state index in [1.54, 1.807) is 0 Å². The van der Waals surface area contributed by atoms with Crippen LogP contribution in [0, 0.1) is 0 Å². The summed E-state index contributed by atoms with van der Waals surface area (Å²) in [4.78, 5) is 18.5. The number of nitrogens with zero attached hydrogens (tertiary/aromatic N) is 1. The second-order valence-corrected chi connectivity index (χ2v) is 6.66. The second-order valence-electron chi connectivity index (χ2n) is 6.66. The first-order valence-corrected chi connectivity index (χ1v) is 8.92. The van der Waals surface area contributed by atoms with E-state index in [0.717, 1.165) is 35.2 Å². The predicted molar refractivity (Wildman–Crippen MR) is 101 cm³/mol. The van der Waals surface area contributed by atoms with Gasteiger partial charge in [0.2, 0.25) is 0 Å². The Bertz CT molecular complexity index is 914. The number of nitrogens with one attached hydrogen (secondary N) is 1. The molecule has 3 N–H and O–H groups in total. The molecule has 0 radical (unpaired) electrons. The van der Waals surface area contributed by atoms with Crippen LogP contribution < -0.4 is 5.73 Å². The Balaban J connectivity index is 1.93. The molecule has 0 saturated carbocycles. The lowest BCUT2D eigenvalue weighted by molar-refractivity contribution is 0.0613. The number of fused-ring (bicyclic) bond motifs is 2. The van der Waals surface area contributed by atoms with E-state index in [1.165, 1.54) is 5.39 Å². The zero-order valence-corrected chi connectivity index (χ0v) is 14.4. The molecule has 0 unspecified atom stereocenters. The van der Waals surface area contributed by atoms with Gasteiger partial charge in [-0.3, -0.25) is 4.79 Å². The number of carbonyl (C=O) groups is 1. The molecule has 1 aliphatic rings. The number of rotatable bonds is 4. The molecule has 25 heavy (non-hydrogen) atoms. The average Bonchev–Trinajstić information content (AvgIpc) is 3.07. The maximum Gasteiger partial charge on any atom is 0.254 e. The molecule has 0 spiro atoms. The number of aromatic amines is 1. The number of para-hydroxylation sites is 1. The number of aromatic nitrogens is 1. The van der Waals surface area contributed by atoms with E-state index in [4.69, 9.17) is 5.73 Å². The first-order chi connectivity index (χ1) is 12.3. The molecule has 2 atom stereocenters. The standard InChI is InChI=1S/C21H23N3O/c1-2-11-24-20(18-13-23-19-10-6-5-8-15(18)19)17(12-22)14-7-3-4-9-16(14)21(24)25/h3-10,13,17,20,23H,2,11-12,22H2,1H3/t17-,20-/m0/s1. The fourth-order valence-electron chi connectivity index (χ4n) is 4.14. The van der Waals surface area contributed by atoms with Gasteiger partial charge in [-0.05, 0) is 24.1 Å². The van der Waals surface area contributed by atoms with Crippen molar-refractivity contribution in [3.05, 3.63) is 71.4 Å². The Morgan fingerprint density at radius 2 is 1.84 bits per heavy atom.